The third kappa shape index (κ3) is 3.26. The first-order valence-corrected chi connectivity index (χ1v) is 12.3. The van der Waals surface area contributed by atoms with Crippen molar-refractivity contribution in [2.75, 3.05) is 36.0 Å². The first kappa shape index (κ1) is 21.4. The van der Waals surface area contributed by atoms with Gasteiger partial charge in [-0.05, 0) is 59.9 Å². The van der Waals surface area contributed by atoms with Gasteiger partial charge < -0.3 is 15.5 Å². The zero-order valence-electron chi connectivity index (χ0n) is 20.2. The van der Waals surface area contributed by atoms with Crippen LogP contribution < -0.4 is 15.5 Å². The first-order chi connectivity index (χ1) is 16.4. The van der Waals surface area contributed by atoms with Crippen molar-refractivity contribution in [2.45, 2.75) is 45.4 Å². The summed E-state index contributed by atoms with van der Waals surface area (Å²) in [5, 5.41) is 10.6. The smallest absolute Gasteiger partial charge is 0.101 e. The third-order valence-corrected chi connectivity index (χ3v) is 8.28. The summed E-state index contributed by atoms with van der Waals surface area (Å²) in [4.78, 5) is 12.1. The van der Waals surface area contributed by atoms with Crippen LogP contribution in [0.5, 0.6) is 0 Å². The second kappa shape index (κ2) is 7.69. The fourth-order valence-corrected chi connectivity index (χ4v) is 6.19. The zero-order valence-corrected chi connectivity index (χ0v) is 20.2. The van der Waals surface area contributed by atoms with Gasteiger partial charge in [0.05, 0.1) is 17.1 Å². The maximum absolute atomic E-state index is 9.53. The number of nitrogens with zero attached hydrogens (tertiary/aromatic N) is 5. The molecule has 0 unspecified atom stereocenters. The molecule has 0 spiro atoms. The Bertz CT molecular complexity index is 1310. The number of piperazine rings is 1. The quantitative estimate of drug-likeness (QED) is 0.633. The van der Waals surface area contributed by atoms with Crippen molar-refractivity contribution in [3.63, 3.8) is 0 Å². The van der Waals surface area contributed by atoms with Gasteiger partial charge in [-0.1, -0.05) is 19.9 Å². The van der Waals surface area contributed by atoms with Crippen LogP contribution in [0.3, 0.4) is 0 Å². The van der Waals surface area contributed by atoms with Gasteiger partial charge in [-0.3, -0.25) is 9.88 Å². The summed E-state index contributed by atoms with van der Waals surface area (Å²) in [5.74, 6) is 0. The molecule has 0 aliphatic carbocycles. The van der Waals surface area contributed by atoms with Gasteiger partial charge in [0, 0.05) is 67.8 Å². The summed E-state index contributed by atoms with van der Waals surface area (Å²) in [5.41, 5.74) is 13.3. The molecule has 3 aliphatic heterocycles. The average molecular weight is 453 g/mol. The van der Waals surface area contributed by atoms with Gasteiger partial charge in [0.15, 0.2) is 0 Å². The molecule has 34 heavy (non-hydrogen) atoms. The molecule has 0 saturated carbocycles. The van der Waals surface area contributed by atoms with Crippen molar-refractivity contribution in [1.29, 1.82) is 5.26 Å². The number of aromatic nitrogens is 1. The van der Waals surface area contributed by atoms with Crippen LogP contribution in [0.4, 0.5) is 11.4 Å². The highest BCUT2D eigenvalue weighted by Gasteiger charge is 2.41. The lowest BCUT2D eigenvalue weighted by Crippen LogP contribution is -2.51. The molecule has 4 heterocycles. The molecule has 1 aromatic heterocycles. The Morgan fingerprint density at radius 2 is 1.94 bits per heavy atom. The molecule has 2 aromatic carbocycles. The third-order valence-electron chi connectivity index (χ3n) is 8.28. The Labute approximate surface area is 201 Å². The highest BCUT2D eigenvalue weighted by Crippen LogP contribution is 2.43. The molecule has 0 bridgehead atoms. The molecule has 6 rings (SSSR count). The predicted molar refractivity (Wildman–Crippen MR) is 137 cm³/mol. The van der Waals surface area contributed by atoms with E-state index in [9.17, 15) is 5.26 Å². The molecular weight excluding hydrogens is 420 g/mol. The molecular formula is C28H32N6. The lowest BCUT2D eigenvalue weighted by molar-refractivity contribution is 0.134. The molecule has 6 heteroatoms. The average Bonchev–Trinajstić information content (AvgIpc) is 3.34. The summed E-state index contributed by atoms with van der Waals surface area (Å²) in [6.45, 7) is 11.7. The lowest BCUT2D eigenvalue weighted by atomic mass is 9.89. The maximum atomic E-state index is 9.53. The zero-order chi connectivity index (χ0) is 23.6. The minimum Gasteiger partial charge on any atom is -0.369 e. The molecule has 2 fully saturated rings. The summed E-state index contributed by atoms with van der Waals surface area (Å²) in [7, 11) is 0. The monoisotopic (exact) mass is 452 g/mol. The Kier molecular flexibility index (Phi) is 4.84. The topological polar surface area (TPSA) is 72.4 Å². The number of hydrogen-bond donors (Lipinski definition) is 1. The van der Waals surface area contributed by atoms with E-state index < -0.39 is 0 Å². The van der Waals surface area contributed by atoms with E-state index in [1.54, 1.807) is 6.20 Å². The van der Waals surface area contributed by atoms with Crippen LogP contribution in [-0.2, 0) is 6.54 Å². The second-order valence-corrected chi connectivity index (χ2v) is 10.9. The van der Waals surface area contributed by atoms with Gasteiger partial charge in [0.25, 0.3) is 0 Å². The van der Waals surface area contributed by atoms with Gasteiger partial charge >= 0.3 is 0 Å². The van der Waals surface area contributed by atoms with Crippen molar-refractivity contribution >= 4 is 22.3 Å². The minimum absolute atomic E-state index is 0.143. The van der Waals surface area contributed by atoms with E-state index in [2.05, 4.69) is 76.9 Å². The number of nitriles is 1. The summed E-state index contributed by atoms with van der Waals surface area (Å²) in [6.07, 6.45) is 1.77. The number of rotatable bonds is 2. The largest absolute Gasteiger partial charge is 0.369 e. The van der Waals surface area contributed by atoms with E-state index in [1.165, 1.54) is 22.5 Å². The number of pyridine rings is 1. The normalized spacial score (nSPS) is 25.9. The molecule has 0 radical (unpaired) electrons. The Morgan fingerprint density at radius 1 is 1.09 bits per heavy atom. The number of benzene rings is 2. The number of nitrogens with two attached hydrogens (primary N) is 1. The minimum atomic E-state index is 0.143. The summed E-state index contributed by atoms with van der Waals surface area (Å²) in [6, 6.07) is 18.4. The lowest BCUT2D eigenvalue weighted by Gasteiger charge is -2.43. The van der Waals surface area contributed by atoms with Crippen LogP contribution in [0.1, 0.15) is 43.5 Å². The Hall–Kier alpha value is -3.14. The Morgan fingerprint density at radius 3 is 2.71 bits per heavy atom. The van der Waals surface area contributed by atoms with Crippen LogP contribution in [-0.4, -0.2) is 48.1 Å². The van der Waals surface area contributed by atoms with E-state index in [4.69, 9.17) is 5.73 Å². The Balaban J connectivity index is 1.32. The summed E-state index contributed by atoms with van der Waals surface area (Å²) >= 11 is 0. The molecule has 3 aliphatic rings. The van der Waals surface area contributed by atoms with E-state index in [-0.39, 0.29) is 11.5 Å². The van der Waals surface area contributed by atoms with Crippen LogP contribution in [0.15, 0.2) is 48.7 Å². The molecule has 6 nitrogen and oxygen atoms in total. The fourth-order valence-electron chi connectivity index (χ4n) is 6.19. The SMILES string of the molecule is C[C@@H]1CN(c2ccc(C#N)c3ncccc23)C[C@@H]2c3ccc(N4C[C@@H](N)C(C)(C)C4)cc3CN12. The summed E-state index contributed by atoms with van der Waals surface area (Å²) < 4.78 is 0. The fraction of sp³-hybridized carbons (Fsp3) is 0.429. The van der Waals surface area contributed by atoms with Gasteiger partial charge in [-0.15, -0.1) is 0 Å². The van der Waals surface area contributed by atoms with E-state index >= 15 is 0 Å². The predicted octanol–water partition coefficient (Wildman–Crippen LogP) is 4.05. The second-order valence-electron chi connectivity index (χ2n) is 10.9. The van der Waals surface area contributed by atoms with Crippen molar-refractivity contribution in [2.24, 2.45) is 11.1 Å². The van der Waals surface area contributed by atoms with E-state index in [0.29, 0.717) is 17.6 Å². The van der Waals surface area contributed by atoms with Gasteiger partial charge in [-0.2, -0.15) is 5.26 Å². The van der Waals surface area contributed by atoms with E-state index in [0.717, 1.165) is 43.6 Å². The highest BCUT2D eigenvalue weighted by molar-refractivity contribution is 5.95. The van der Waals surface area contributed by atoms with Crippen molar-refractivity contribution in [3.8, 4) is 6.07 Å². The maximum Gasteiger partial charge on any atom is 0.101 e. The van der Waals surface area contributed by atoms with Crippen LogP contribution in [0.2, 0.25) is 0 Å². The van der Waals surface area contributed by atoms with Crippen LogP contribution >= 0.6 is 0 Å². The molecule has 2 saturated heterocycles. The van der Waals surface area contributed by atoms with Crippen LogP contribution in [0.25, 0.3) is 10.9 Å². The molecule has 3 aromatic rings. The highest BCUT2D eigenvalue weighted by atomic mass is 15.3. The number of hydrogen-bond acceptors (Lipinski definition) is 6. The van der Waals surface area contributed by atoms with Crippen molar-refractivity contribution < 1.29 is 0 Å². The van der Waals surface area contributed by atoms with Gasteiger partial charge in [-0.25, -0.2) is 0 Å². The molecule has 174 valence electrons. The van der Waals surface area contributed by atoms with E-state index in [1.807, 2.05) is 12.1 Å². The number of anilines is 2. The van der Waals surface area contributed by atoms with Crippen molar-refractivity contribution in [3.05, 3.63) is 65.4 Å². The van der Waals surface area contributed by atoms with Crippen LogP contribution in [0, 0.1) is 16.7 Å². The molecule has 3 atom stereocenters. The molecule has 0 amide bonds. The number of fused-ring (bicyclic) bond motifs is 4. The first-order valence-electron chi connectivity index (χ1n) is 12.3. The van der Waals surface area contributed by atoms with Crippen molar-refractivity contribution in [1.82, 2.24) is 9.88 Å². The van der Waals surface area contributed by atoms with Gasteiger partial charge in [0.2, 0.25) is 0 Å². The standard InChI is InChI=1S/C28H32N6/c1-18-13-32(24-9-6-19(12-29)27-23(24)5-4-10-31-27)15-25-22-8-7-21(11-20(22)14-34(18)25)33-16-26(30)28(2,3)17-33/h4-11,18,25-26H,13-17,30H2,1-3H3/t18-,25-,26-/m1/s1. The van der Waals surface area contributed by atoms with Gasteiger partial charge in [0.1, 0.15) is 6.07 Å². The molecule has 2 N–H and O–H groups in total.